The summed E-state index contributed by atoms with van der Waals surface area (Å²) in [5, 5.41) is 13.0. The first-order valence-corrected chi connectivity index (χ1v) is 6.76. The summed E-state index contributed by atoms with van der Waals surface area (Å²) in [5.74, 6) is -2.02. The molecular formula is C13H16N2O4S. The minimum atomic E-state index is -1.25. The third kappa shape index (κ3) is 6.14. The van der Waals surface area contributed by atoms with Crippen LogP contribution in [0.4, 0.5) is 4.79 Å². The predicted molar refractivity (Wildman–Crippen MR) is 75.7 cm³/mol. The van der Waals surface area contributed by atoms with Gasteiger partial charge in [-0.1, -0.05) is 0 Å². The van der Waals surface area contributed by atoms with E-state index in [0.29, 0.717) is 12.5 Å². The number of carbonyl (C=O) groups is 3. The summed E-state index contributed by atoms with van der Waals surface area (Å²) in [5.41, 5.74) is 0. The summed E-state index contributed by atoms with van der Waals surface area (Å²) < 4.78 is 0. The lowest BCUT2D eigenvalue weighted by molar-refractivity contribution is -0.131. The molecule has 1 unspecified atom stereocenters. The molecule has 0 saturated heterocycles. The third-order valence-electron chi connectivity index (χ3n) is 2.29. The highest BCUT2D eigenvalue weighted by atomic mass is 32.1. The Morgan fingerprint density at radius 1 is 1.35 bits per heavy atom. The van der Waals surface area contributed by atoms with Crippen molar-refractivity contribution in [3.8, 4) is 0 Å². The quantitative estimate of drug-likeness (QED) is 0.717. The average Bonchev–Trinajstić information content (AvgIpc) is 2.71. The van der Waals surface area contributed by atoms with E-state index in [1.54, 1.807) is 11.3 Å². The Morgan fingerprint density at radius 3 is 2.60 bits per heavy atom. The van der Waals surface area contributed by atoms with Crippen LogP contribution in [0.5, 0.6) is 0 Å². The molecule has 1 atom stereocenters. The fourth-order valence-corrected chi connectivity index (χ4v) is 2.53. The number of rotatable bonds is 5. The minimum Gasteiger partial charge on any atom is -0.478 e. The van der Waals surface area contributed by atoms with Gasteiger partial charge in [-0.3, -0.25) is 10.1 Å². The Bertz CT molecular complexity index is 536. The van der Waals surface area contributed by atoms with Crippen LogP contribution < -0.4 is 10.6 Å². The Hall–Kier alpha value is -2.15. The number of aliphatic carboxylic acids is 1. The molecule has 1 aromatic rings. The summed E-state index contributed by atoms with van der Waals surface area (Å²) in [6, 6.07) is 3.22. The van der Waals surface area contributed by atoms with Crippen molar-refractivity contribution in [2.75, 3.05) is 0 Å². The predicted octanol–water partition coefficient (Wildman–Crippen LogP) is 1.45. The lowest BCUT2D eigenvalue weighted by Gasteiger charge is -2.12. The molecule has 1 aromatic heterocycles. The Labute approximate surface area is 120 Å². The molecule has 0 aliphatic rings. The molecular weight excluding hydrogens is 280 g/mol. The Kier molecular flexibility index (Phi) is 5.92. The number of carboxylic acids is 1. The van der Waals surface area contributed by atoms with E-state index in [1.807, 2.05) is 31.3 Å². The van der Waals surface area contributed by atoms with Gasteiger partial charge in [0.15, 0.2) is 0 Å². The van der Waals surface area contributed by atoms with Gasteiger partial charge < -0.3 is 10.4 Å². The van der Waals surface area contributed by atoms with Crippen LogP contribution in [0.25, 0.3) is 0 Å². The topological polar surface area (TPSA) is 95.5 Å². The molecule has 1 heterocycles. The van der Waals surface area contributed by atoms with Crippen LogP contribution in [-0.2, 0) is 16.0 Å². The number of amides is 3. The number of thiophene rings is 1. The van der Waals surface area contributed by atoms with Crippen molar-refractivity contribution in [1.29, 1.82) is 0 Å². The minimum absolute atomic E-state index is 0.135. The standard InChI is InChI=1S/C13H16N2O4S/c1-8(7-10-4-3-9(2)20-10)14-13(19)15-11(16)5-6-12(17)18/h3-6,8H,7H2,1-2H3,(H,17,18)(H2,14,15,16,19). The van der Waals surface area contributed by atoms with Gasteiger partial charge >= 0.3 is 12.0 Å². The van der Waals surface area contributed by atoms with E-state index in [-0.39, 0.29) is 6.04 Å². The third-order valence-corrected chi connectivity index (χ3v) is 3.32. The SMILES string of the molecule is Cc1ccc(CC(C)NC(=O)NC(=O)C=CC(=O)O)s1. The van der Waals surface area contributed by atoms with Crippen molar-refractivity contribution < 1.29 is 19.5 Å². The first-order valence-electron chi connectivity index (χ1n) is 5.94. The van der Waals surface area contributed by atoms with Crippen LogP contribution in [0.2, 0.25) is 0 Å². The average molecular weight is 296 g/mol. The van der Waals surface area contributed by atoms with Crippen molar-refractivity contribution in [3.05, 3.63) is 34.0 Å². The van der Waals surface area contributed by atoms with Crippen molar-refractivity contribution in [2.24, 2.45) is 0 Å². The number of aryl methyl sites for hydroxylation is 1. The number of hydrogen-bond donors (Lipinski definition) is 3. The van der Waals surface area contributed by atoms with E-state index < -0.39 is 17.9 Å². The second-order valence-corrected chi connectivity index (χ2v) is 5.62. The molecule has 0 radical (unpaired) electrons. The van der Waals surface area contributed by atoms with Gasteiger partial charge in [0.25, 0.3) is 5.91 Å². The van der Waals surface area contributed by atoms with Crippen molar-refractivity contribution in [3.63, 3.8) is 0 Å². The van der Waals surface area contributed by atoms with E-state index in [0.717, 1.165) is 11.0 Å². The Morgan fingerprint density at radius 2 is 2.05 bits per heavy atom. The monoisotopic (exact) mass is 296 g/mol. The number of urea groups is 1. The highest BCUT2D eigenvalue weighted by Gasteiger charge is 2.10. The number of carbonyl (C=O) groups excluding carboxylic acids is 2. The molecule has 0 fully saturated rings. The molecule has 0 aliphatic heterocycles. The van der Waals surface area contributed by atoms with E-state index in [1.165, 1.54) is 4.88 Å². The smallest absolute Gasteiger partial charge is 0.328 e. The zero-order chi connectivity index (χ0) is 15.1. The number of nitrogens with one attached hydrogen (secondary N) is 2. The first-order chi connectivity index (χ1) is 9.36. The molecule has 108 valence electrons. The zero-order valence-electron chi connectivity index (χ0n) is 11.2. The lowest BCUT2D eigenvalue weighted by atomic mass is 10.2. The largest absolute Gasteiger partial charge is 0.478 e. The maximum Gasteiger partial charge on any atom is 0.328 e. The molecule has 0 aliphatic carbocycles. The van der Waals surface area contributed by atoms with Crippen LogP contribution in [0, 0.1) is 6.92 Å². The molecule has 0 saturated carbocycles. The second-order valence-electron chi connectivity index (χ2n) is 4.25. The summed E-state index contributed by atoms with van der Waals surface area (Å²) in [7, 11) is 0. The molecule has 1 rings (SSSR count). The summed E-state index contributed by atoms with van der Waals surface area (Å²) in [4.78, 5) is 35.2. The zero-order valence-corrected chi connectivity index (χ0v) is 12.0. The lowest BCUT2D eigenvalue weighted by Crippen LogP contribution is -2.43. The number of imide groups is 1. The summed E-state index contributed by atoms with van der Waals surface area (Å²) >= 11 is 1.65. The van der Waals surface area contributed by atoms with E-state index in [9.17, 15) is 14.4 Å². The highest BCUT2D eigenvalue weighted by Crippen LogP contribution is 2.16. The first kappa shape index (κ1) is 15.9. The van der Waals surface area contributed by atoms with Crippen molar-refractivity contribution in [2.45, 2.75) is 26.3 Å². The van der Waals surface area contributed by atoms with Gasteiger partial charge in [-0.25, -0.2) is 9.59 Å². The fourth-order valence-electron chi connectivity index (χ4n) is 1.51. The highest BCUT2D eigenvalue weighted by molar-refractivity contribution is 7.11. The molecule has 3 N–H and O–H groups in total. The van der Waals surface area contributed by atoms with Crippen LogP contribution >= 0.6 is 11.3 Å². The normalized spacial score (nSPS) is 12.1. The summed E-state index contributed by atoms with van der Waals surface area (Å²) in [6.45, 7) is 3.83. The van der Waals surface area contributed by atoms with Gasteiger partial charge in [0.05, 0.1) is 0 Å². The molecule has 0 bridgehead atoms. The van der Waals surface area contributed by atoms with Crippen LogP contribution in [0.3, 0.4) is 0 Å². The van der Waals surface area contributed by atoms with Crippen molar-refractivity contribution in [1.82, 2.24) is 10.6 Å². The van der Waals surface area contributed by atoms with Gasteiger partial charge in [-0.15, -0.1) is 11.3 Å². The van der Waals surface area contributed by atoms with Crippen LogP contribution in [-0.4, -0.2) is 29.1 Å². The van der Waals surface area contributed by atoms with Crippen molar-refractivity contribution >= 4 is 29.2 Å². The van der Waals surface area contributed by atoms with Crippen LogP contribution in [0.1, 0.15) is 16.7 Å². The Balaban J connectivity index is 2.38. The molecule has 7 heteroatoms. The molecule has 6 nitrogen and oxygen atoms in total. The molecule has 0 spiro atoms. The molecule has 0 aromatic carbocycles. The maximum atomic E-state index is 11.5. The second kappa shape index (κ2) is 7.44. The summed E-state index contributed by atoms with van der Waals surface area (Å²) in [6.07, 6.45) is 2.13. The van der Waals surface area contributed by atoms with E-state index in [4.69, 9.17) is 5.11 Å². The van der Waals surface area contributed by atoms with Gasteiger partial charge in [0.1, 0.15) is 0 Å². The van der Waals surface area contributed by atoms with Gasteiger partial charge in [-0.05, 0) is 26.0 Å². The molecule has 20 heavy (non-hydrogen) atoms. The van der Waals surface area contributed by atoms with E-state index >= 15 is 0 Å². The van der Waals surface area contributed by atoms with Gasteiger partial charge in [-0.2, -0.15) is 0 Å². The number of carboxylic acid groups (broad SMARTS) is 1. The van der Waals surface area contributed by atoms with Gasteiger partial charge in [0.2, 0.25) is 0 Å². The van der Waals surface area contributed by atoms with E-state index in [2.05, 4.69) is 5.32 Å². The maximum absolute atomic E-state index is 11.5. The van der Waals surface area contributed by atoms with Gasteiger partial charge in [0, 0.05) is 34.4 Å². The fraction of sp³-hybridized carbons (Fsp3) is 0.308. The molecule has 3 amide bonds. The number of hydrogen-bond acceptors (Lipinski definition) is 4. The van der Waals surface area contributed by atoms with Crippen LogP contribution in [0.15, 0.2) is 24.3 Å².